The van der Waals surface area contributed by atoms with Crippen LogP contribution in [-0.2, 0) is 9.53 Å². The first-order valence-electron chi connectivity index (χ1n) is 14.3. The second-order valence-electron chi connectivity index (χ2n) is 9.96. The Morgan fingerprint density at radius 2 is 1.24 bits per heavy atom. The predicted molar refractivity (Wildman–Crippen MR) is 171 cm³/mol. The molecule has 0 aliphatic heterocycles. The van der Waals surface area contributed by atoms with Crippen LogP contribution in [0.25, 0.3) is 21.8 Å². The van der Waals surface area contributed by atoms with E-state index in [0.29, 0.717) is 11.5 Å². The van der Waals surface area contributed by atoms with Gasteiger partial charge in [0.25, 0.3) is 0 Å². The van der Waals surface area contributed by atoms with Gasteiger partial charge in [-0.3, -0.25) is 9.97 Å². The number of methoxy groups -OCH3 is 1. The van der Waals surface area contributed by atoms with Crippen LogP contribution >= 0.6 is 0 Å². The molecule has 3 heterocycles. The number of carbonyl (C=O) groups excluding carboxylic acids is 1. The van der Waals surface area contributed by atoms with E-state index in [4.69, 9.17) is 18.6 Å². The third-order valence-corrected chi connectivity index (χ3v) is 6.99. The molecule has 0 bridgehead atoms. The lowest BCUT2D eigenvalue weighted by Crippen LogP contribution is -2.20. The van der Waals surface area contributed by atoms with Crippen LogP contribution in [0, 0.1) is 0 Å². The standard InChI is InChI=1S/C19H14N2O2.C18H15NO3/c1-2-5-14(6-3-1)19(18-12-20-13-22-18)23-16-8-9-17-15(11-16)7-4-10-21-17;1-21-18(20)17(13-6-3-2-4-7-13)22-15-9-10-16-14(12-15)8-5-11-19-16/h1-13,19H;2-12,17H,1H3. The summed E-state index contributed by atoms with van der Waals surface area (Å²) in [4.78, 5) is 24.6. The van der Waals surface area contributed by atoms with Gasteiger partial charge in [-0.1, -0.05) is 72.8 Å². The normalized spacial score (nSPS) is 12.0. The van der Waals surface area contributed by atoms with Crippen LogP contribution in [0.4, 0.5) is 0 Å². The summed E-state index contributed by atoms with van der Waals surface area (Å²) in [5.74, 6) is 1.59. The van der Waals surface area contributed by atoms with E-state index in [9.17, 15) is 4.79 Å². The number of rotatable bonds is 8. The minimum Gasteiger partial charge on any atom is -0.478 e. The molecule has 2 atom stereocenters. The highest BCUT2D eigenvalue weighted by molar-refractivity contribution is 5.81. The van der Waals surface area contributed by atoms with Crippen LogP contribution < -0.4 is 9.47 Å². The maximum Gasteiger partial charge on any atom is 0.351 e. The van der Waals surface area contributed by atoms with Crippen molar-refractivity contribution in [2.45, 2.75) is 12.2 Å². The number of hydrogen-bond donors (Lipinski definition) is 0. The molecule has 7 rings (SSSR count). The Morgan fingerprint density at radius 1 is 0.667 bits per heavy atom. The average Bonchev–Trinajstić information content (AvgIpc) is 3.65. The van der Waals surface area contributed by atoms with Gasteiger partial charge in [-0.25, -0.2) is 9.78 Å². The average molecular weight is 596 g/mol. The van der Waals surface area contributed by atoms with Crippen molar-refractivity contribution < 1.29 is 23.4 Å². The fraction of sp³-hybridized carbons (Fsp3) is 0.0811. The van der Waals surface area contributed by atoms with E-state index >= 15 is 0 Å². The number of nitrogens with zero attached hydrogens (tertiary/aromatic N) is 3. The van der Waals surface area contributed by atoms with Gasteiger partial charge in [-0.15, -0.1) is 0 Å². The Balaban J connectivity index is 0.000000159. The molecule has 2 unspecified atom stereocenters. The Bertz CT molecular complexity index is 1980. The van der Waals surface area contributed by atoms with E-state index in [1.54, 1.807) is 24.7 Å². The van der Waals surface area contributed by atoms with E-state index < -0.39 is 12.1 Å². The zero-order chi connectivity index (χ0) is 30.8. The summed E-state index contributed by atoms with van der Waals surface area (Å²) in [6.07, 6.45) is 5.49. The van der Waals surface area contributed by atoms with Crippen molar-refractivity contribution in [1.82, 2.24) is 15.0 Å². The molecule has 0 radical (unpaired) electrons. The lowest BCUT2D eigenvalue weighted by atomic mass is 10.1. The minimum absolute atomic E-state index is 0.340. The van der Waals surface area contributed by atoms with Crippen molar-refractivity contribution in [2.24, 2.45) is 0 Å². The molecule has 0 saturated carbocycles. The molecule has 0 fully saturated rings. The van der Waals surface area contributed by atoms with Crippen molar-refractivity contribution >= 4 is 27.8 Å². The second kappa shape index (κ2) is 14.0. The highest BCUT2D eigenvalue weighted by Gasteiger charge is 2.23. The SMILES string of the molecule is COC(=O)C(Oc1ccc2ncccc2c1)c1ccccc1.c1ccc(C(Oc2ccc3ncccc3c2)c2cnco2)cc1. The number of hydrogen-bond acceptors (Lipinski definition) is 8. The van der Waals surface area contributed by atoms with Gasteiger partial charge in [0, 0.05) is 34.3 Å². The van der Waals surface area contributed by atoms with Crippen molar-refractivity contribution in [3.63, 3.8) is 0 Å². The van der Waals surface area contributed by atoms with Crippen LogP contribution in [0.2, 0.25) is 0 Å². The van der Waals surface area contributed by atoms with Crippen LogP contribution in [0.3, 0.4) is 0 Å². The van der Waals surface area contributed by atoms with Crippen molar-refractivity contribution in [1.29, 1.82) is 0 Å². The van der Waals surface area contributed by atoms with E-state index in [2.05, 4.69) is 15.0 Å². The summed E-state index contributed by atoms with van der Waals surface area (Å²) in [5, 5.41) is 1.99. The first kappa shape index (κ1) is 29.1. The quantitative estimate of drug-likeness (QED) is 0.164. The van der Waals surface area contributed by atoms with Crippen LogP contribution in [0.1, 0.15) is 29.1 Å². The number of benzene rings is 4. The molecule has 0 spiro atoms. The molecule has 0 amide bonds. The van der Waals surface area contributed by atoms with Crippen LogP contribution in [0.15, 0.2) is 151 Å². The van der Waals surface area contributed by atoms with Crippen LogP contribution in [0.5, 0.6) is 11.5 Å². The Morgan fingerprint density at radius 3 is 1.80 bits per heavy atom. The van der Waals surface area contributed by atoms with Gasteiger partial charge >= 0.3 is 5.97 Å². The fourth-order valence-electron chi connectivity index (χ4n) is 4.79. The summed E-state index contributed by atoms with van der Waals surface area (Å²) in [7, 11) is 1.35. The van der Waals surface area contributed by atoms with Crippen molar-refractivity contribution in [3.8, 4) is 11.5 Å². The number of pyridine rings is 2. The lowest BCUT2D eigenvalue weighted by molar-refractivity contribution is -0.149. The van der Waals surface area contributed by atoms with E-state index in [-0.39, 0.29) is 6.10 Å². The highest BCUT2D eigenvalue weighted by atomic mass is 16.6. The monoisotopic (exact) mass is 595 g/mol. The zero-order valence-electron chi connectivity index (χ0n) is 24.4. The summed E-state index contributed by atoms with van der Waals surface area (Å²) < 4.78 is 22.4. The summed E-state index contributed by atoms with van der Waals surface area (Å²) in [5.41, 5.74) is 3.58. The molecule has 0 aliphatic carbocycles. The third kappa shape index (κ3) is 7.14. The maximum atomic E-state index is 12.0. The van der Waals surface area contributed by atoms with Gasteiger partial charge in [0.05, 0.1) is 24.3 Å². The Labute approximate surface area is 259 Å². The molecule has 8 nitrogen and oxygen atoms in total. The Hall–Kier alpha value is -6.02. The summed E-state index contributed by atoms with van der Waals surface area (Å²) in [6.45, 7) is 0. The van der Waals surface area contributed by atoms with Crippen molar-refractivity contribution in [2.75, 3.05) is 7.11 Å². The topological polar surface area (TPSA) is 96.6 Å². The molecule has 7 aromatic rings. The number of ether oxygens (including phenoxy) is 3. The van der Waals surface area contributed by atoms with Gasteiger partial charge in [0.15, 0.2) is 18.3 Å². The fourth-order valence-corrected chi connectivity index (χ4v) is 4.79. The zero-order valence-corrected chi connectivity index (χ0v) is 24.4. The molecule has 0 saturated heterocycles. The molecule has 4 aromatic carbocycles. The molecule has 8 heteroatoms. The largest absolute Gasteiger partial charge is 0.478 e. The van der Waals surface area contributed by atoms with Gasteiger partial charge in [-0.05, 0) is 48.5 Å². The molecule has 3 aromatic heterocycles. The summed E-state index contributed by atoms with van der Waals surface area (Å²) >= 11 is 0. The highest BCUT2D eigenvalue weighted by Crippen LogP contribution is 2.30. The van der Waals surface area contributed by atoms with Crippen molar-refractivity contribution in [3.05, 3.63) is 163 Å². The molecular formula is C37H29N3O5. The van der Waals surface area contributed by atoms with E-state index in [1.165, 1.54) is 13.5 Å². The van der Waals surface area contributed by atoms with E-state index in [0.717, 1.165) is 38.7 Å². The molecular weight excluding hydrogens is 566 g/mol. The number of carbonyl (C=O) groups is 1. The molecule has 45 heavy (non-hydrogen) atoms. The van der Waals surface area contributed by atoms with Gasteiger partial charge in [0.2, 0.25) is 6.10 Å². The first-order chi connectivity index (χ1) is 22.2. The second-order valence-corrected chi connectivity index (χ2v) is 9.96. The van der Waals surface area contributed by atoms with Crippen LogP contribution in [-0.4, -0.2) is 28.0 Å². The summed E-state index contributed by atoms with van der Waals surface area (Å²) in [6, 6.07) is 38.4. The first-order valence-corrected chi connectivity index (χ1v) is 14.3. The molecule has 0 aliphatic rings. The number of fused-ring (bicyclic) bond motifs is 2. The van der Waals surface area contributed by atoms with Gasteiger partial charge in [0.1, 0.15) is 11.5 Å². The maximum absolute atomic E-state index is 12.0. The molecule has 0 N–H and O–H groups in total. The number of aromatic nitrogens is 3. The lowest BCUT2D eigenvalue weighted by Gasteiger charge is -2.17. The van der Waals surface area contributed by atoms with Gasteiger partial charge < -0.3 is 18.6 Å². The van der Waals surface area contributed by atoms with Gasteiger partial charge in [-0.2, -0.15) is 0 Å². The molecule has 222 valence electrons. The van der Waals surface area contributed by atoms with E-state index in [1.807, 2.05) is 115 Å². The third-order valence-electron chi connectivity index (χ3n) is 6.99. The number of oxazole rings is 1. The Kier molecular flexibility index (Phi) is 9.02. The smallest absolute Gasteiger partial charge is 0.351 e. The predicted octanol–water partition coefficient (Wildman–Crippen LogP) is 7.92. The minimum atomic E-state index is -0.791. The number of esters is 1.